The highest BCUT2D eigenvalue weighted by Crippen LogP contribution is 2.06. The van der Waals surface area contributed by atoms with Crippen molar-refractivity contribution in [3.8, 4) is 0 Å². The van der Waals surface area contributed by atoms with Crippen molar-refractivity contribution >= 4 is 29.9 Å². The van der Waals surface area contributed by atoms with Crippen LogP contribution in [0.15, 0.2) is 29.3 Å². The smallest absolute Gasteiger partial charge is 0.191 e. The molecule has 0 aliphatic rings. The van der Waals surface area contributed by atoms with Crippen LogP contribution in [0, 0.1) is 0 Å². The first-order chi connectivity index (χ1) is 11.3. The van der Waals surface area contributed by atoms with Crippen LogP contribution in [0.3, 0.4) is 0 Å². The minimum Gasteiger partial charge on any atom is -0.379 e. The average molecular weight is 449 g/mol. The molecule has 0 unspecified atom stereocenters. The number of rotatable bonds is 11. The number of hydrogen-bond acceptors (Lipinski definition) is 3. The number of nitrogens with zero attached hydrogens (tertiary/aromatic N) is 1. The number of guanidine groups is 1. The number of ether oxygens (including phenoxy) is 2. The maximum Gasteiger partial charge on any atom is 0.191 e. The molecule has 6 heteroatoms. The highest BCUT2D eigenvalue weighted by atomic mass is 127. The third-order valence-corrected chi connectivity index (χ3v) is 3.34. The van der Waals surface area contributed by atoms with Gasteiger partial charge in [-0.25, -0.2) is 0 Å². The third-order valence-electron chi connectivity index (χ3n) is 3.34. The van der Waals surface area contributed by atoms with Crippen LogP contribution in [0.5, 0.6) is 0 Å². The largest absolute Gasteiger partial charge is 0.379 e. The fraction of sp³-hybridized carbons (Fsp3) is 0.611. The molecule has 1 aromatic carbocycles. The molecule has 0 heterocycles. The van der Waals surface area contributed by atoms with E-state index in [2.05, 4.69) is 46.8 Å². The molecule has 0 aliphatic carbocycles. The number of aliphatic imine (C=N–C) groups is 1. The molecule has 0 radical (unpaired) electrons. The fourth-order valence-electron chi connectivity index (χ4n) is 2.07. The maximum absolute atomic E-state index is 5.61. The molecular weight excluding hydrogens is 417 g/mol. The Bertz CT molecular complexity index is 456. The Kier molecular flexibility index (Phi) is 15.1. The van der Waals surface area contributed by atoms with Crippen molar-refractivity contribution in [2.75, 3.05) is 33.4 Å². The van der Waals surface area contributed by atoms with Crippen LogP contribution in [0.25, 0.3) is 0 Å². The number of hydrogen-bond donors (Lipinski definition) is 2. The van der Waals surface area contributed by atoms with E-state index >= 15 is 0 Å². The van der Waals surface area contributed by atoms with E-state index < -0.39 is 0 Å². The summed E-state index contributed by atoms with van der Waals surface area (Å²) in [5, 5.41) is 6.64. The van der Waals surface area contributed by atoms with E-state index in [1.165, 1.54) is 17.5 Å². The predicted octanol–water partition coefficient (Wildman–Crippen LogP) is 3.32. The van der Waals surface area contributed by atoms with Crippen molar-refractivity contribution in [1.82, 2.24) is 10.6 Å². The Balaban J connectivity index is 0.00000529. The molecule has 0 saturated heterocycles. The molecule has 0 fully saturated rings. The summed E-state index contributed by atoms with van der Waals surface area (Å²) in [4.78, 5) is 4.23. The van der Waals surface area contributed by atoms with Crippen LogP contribution >= 0.6 is 24.0 Å². The molecule has 24 heavy (non-hydrogen) atoms. The minimum absolute atomic E-state index is 0. The summed E-state index contributed by atoms with van der Waals surface area (Å²) in [5.41, 5.74) is 2.39. The lowest BCUT2D eigenvalue weighted by molar-refractivity contribution is 0.0453. The zero-order chi connectivity index (χ0) is 16.8. The summed E-state index contributed by atoms with van der Waals surface area (Å²) in [6.45, 7) is 8.49. The molecule has 0 atom stereocenters. The average Bonchev–Trinajstić information content (AvgIpc) is 2.58. The Labute approximate surface area is 163 Å². The van der Waals surface area contributed by atoms with Crippen molar-refractivity contribution < 1.29 is 9.47 Å². The normalized spacial score (nSPS) is 11.0. The molecule has 0 aromatic heterocycles. The summed E-state index contributed by atoms with van der Waals surface area (Å²) in [6.07, 6.45) is 2.32. The van der Waals surface area contributed by atoms with E-state index in [0.717, 1.165) is 32.1 Å². The monoisotopic (exact) mass is 449 g/mol. The molecule has 1 aromatic rings. The van der Waals surface area contributed by atoms with Gasteiger partial charge in [0.2, 0.25) is 0 Å². The van der Waals surface area contributed by atoms with E-state index in [1.807, 2.05) is 6.92 Å². The van der Waals surface area contributed by atoms with E-state index in [4.69, 9.17) is 9.47 Å². The zero-order valence-electron chi connectivity index (χ0n) is 15.1. The molecule has 0 amide bonds. The Morgan fingerprint density at radius 2 is 1.83 bits per heavy atom. The summed E-state index contributed by atoms with van der Waals surface area (Å²) in [6, 6.07) is 8.41. The topological polar surface area (TPSA) is 54.9 Å². The van der Waals surface area contributed by atoms with Gasteiger partial charge in [-0.05, 0) is 24.5 Å². The lowest BCUT2D eigenvalue weighted by Gasteiger charge is -2.12. The molecule has 0 saturated carbocycles. The lowest BCUT2D eigenvalue weighted by atomic mass is 10.1. The summed E-state index contributed by atoms with van der Waals surface area (Å²) in [5.74, 6) is 0.844. The van der Waals surface area contributed by atoms with Gasteiger partial charge >= 0.3 is 0 Å². The first-order valence-corrected chi connectivity index (χ1v) is 8.48. The molecular formula is C18H32IN3O2. The number of halogens is 1. The fourth-order valence-corrected chi connectivity index (χ4v) is 2.07. The van der Waals surface area contributed by atoms with Crippen LogP contribution in [0.4, 0.5) is 0 Å². The van der Waals surface area contributed by atoms with E-state index in [1.54, 1.807) is 7.05 Å². The van der Waals surface area contributed by atoms with Crippen LogP contribution in [-0.4, -0.2) is 39.4 Å². The van der Waals surface area contributed by atoms with Gasteiger partial charge in [0, 0.05) is 26.7 Å². The molecule has 0 spiro atoms. The highest BCUT2D eigenvalue weighted by molar-refractivity contribution is 14.0. The number of benzene rings is 1. The molecule has 2 N–H and O–H groups in total. The van der Waals surface area contributed by atoms with E-state index in [9.17, 15) is 0 Å². The molecule has 5 nitrogen and oxygen atoms in total. The Morgan fingerprint density at radius 3 is 2.54 bits per heavy atom. The van der Waals surface area contributed by atoms with Crippen molar-refractivity contribution in [2.24, 2.45) is 4.99 Å². The first kappa shape index (κ1) is 23.1. The Hall–Kier alpha value is -0.860. The van der Waals surface area contributed by atoms with Gasteiger partial charge in [-0.1, -0.05) is 37.6 Å². The maximum atomic E-state index is 5.61. The molecule has 1 rings (SSSR count). The predicted molar refractivity (Wildman–Crippen MR) is 111 cm³/mol. The van der Waals surface area contributed by atoms with Gasteiger partial charge in [0.05, 0.1) is 19.8 Å². The van der Waals surface area contributed by atoms with Crippen molar-refractivity contribution in [3.63, 3.8) is 0 Å². The third kappa shape index (κ3) is 10.8. The van der Waals surface area contributed by atoms with Gasteiger partial charge in [-0.15, -0.1) is 24.0 Å². The van der Waals surface area contributed by atoms with Gasteiger partial charge in [0.25, 0.3) is 0 Å². The molecule has 138 valence electrons. The summed E-state index contributed by atoms with van der Waals surface area (Å²) < 4.78 is 10.9. The van der Waals surface area contributed by atoms with Gasteiger partial charge in [0.15, 0.2) is 5.96 Å². The summed E-state index contributed by atoms with van der Waals surface area (Å²) in [7, 11) is 1.80. The summed E-state index contributed by atoms with van der Waals surface area (Å²) >= 11 is 0. The SMILES string of the molecule is CCCCNC(=NC)NCc1cccc(COCCOCC)c1.I. The van der Waals surface area contributed by atoms with Crippen molar-refractivity contribution in [1.29, 1.82) is 0 Å². The molecule has 0 bridgehead atoms. The number of nitrogens with one attached hydrogen (secondary N) is 2. The van der Waals surface area contributed by atoms with Crippen LogP contribution < -0.4 is 10.6 Å². The standard InChI is InChI=1S/C18H31N3O2.HI/c1-4-6-10-20-18(19-3)21-14-16-8-7-9-17(13-16)15-23-12-11-22-5-2;/h7-9,13H,4-6,10-12,14-15H2,1-3H3,(H2,19,20,21);1H. The second kappa shape index (κ2) is 15.7. The van der Waals surface area contributed by atoms with E-state index in [0.29, 0.717) is 19.8 Å². The quantitative estimate of drug-likeness (QED) is 0.236. The lowest BCUT2D eigenvalue weighted by Crippen LogP contribution is -2.37. The first-order valence-electron chi connectivity index (χ1n) is 8.48. The van der Waals surface area contributed by atoms with Crippen LogP contribution in [0.2, 0.25) is 0 Å². The second-order valence-corrected chi connectivity index (χ2v) is 5.28. The second-order valence-electron chi connectivity index (χ2n) is 5.28. The molecule has 0 aliphatic heterocycles. The van der Waals surface area contributed by atoms with Crippen molar-refractivity contribution in [3.05, 3.63) is 35.4 Å². The van der Waals surface area contributed by atoms with Gasteiger partial charge < -0.3 is 20.1 Å². The minimum atomic E-state index is 0. The highest BCUT2D eigenvalue weighted by Gasteiger charge is 2.00. The number of unbranched alkanes of at least 4 members (excludes halogenated alkanes) is 1. The van der Waals surface area contributed by atoms with Gasteiger partial charge in [-0.3, -0.25) is 4.99 Å². The van der Waals surface area contributed by atoms with Crippen molar-refractivity contribution in [2.45, 2.75) is 39.8 Å². The van der Waals surface area contributed by atoms with Crippen LogP contribution in [0.1, 0.15) is 37.8 Å². The van der Waals surface area contributed by atoms with Crippen LogP contribution in [-0.2, 0) is 22.6 Å². The van der Waals surface area contributed by atoms with Gasteiger partial charge in [-0.2, -0.15) is 0 Å². The zero-order valence-corrected chi connectivity index (χ0v) is 17.5. The Morgan fingerprint density at radius 1 is 1.08 bits per heavy atom. The van der Waals surface area contributed by atoms with Gasteiger partial charge in [0.1, 0.15) is 0 Å². The van der Waals surface area contributed by atoms with E-state index in [-0.39, 0.29) is 24.0 Å².